The number of carboxylic acid groups (broad SMARTS) is 5. The van der Waals surface area contributed by atoms with Crippen molar-refractivity contribution in [2.75, 3.05) is 38.4 Å². The number of phenols is 1. The molecular weight excluding hydrogens is 1760 g/mol. The SMILES string of the molecule is CC(C)(C)Cc1cnccc1N.CC(C)(C)NCCCC[C@H](N)C(=O)O.CC(C)(C)N[C@@H](CC(=O)O)C(=O)O.CC(C)(C)Nc1ccncc1.CC(C)(C)OC(=O)/C=C/C(=O)O.CC(C)(C)OC(=O)C(N)CCC(=O)O.CC(C)(C)OC(=O)[C@@H](N)Cc1ccc(O)cc1.COC(=O)/C=C/C(=O)OC(C)(C)C.COC(=O)/C=C/C(=O)OCC(C)(C)C.Cc1ncc(CO)c(CNC(C)(C)C)c1O. The second kappa shape index (κ2) is 66.0. The molecule has 38 heteroatoms. The van der Waals surface area contributed by atoms with Crippen LogP contribution >= 0.6 is 0 Å². The molecule has 3 aromatic heterocycles. The first kappa shape index (κ1) is 135. The predicted molar refractivity (Wildman–Crippen MR) is 524 cm³/mol. The van der Waals surface area contributed by atoms with Crippen LogP contribution in [0.4, 0.5) is 11.4 Å². The minimum atomic E-state index is -1.17. The lowest BCUT2D eigenvalue weighted by atomic mass is 9.88. The van der Waals surface area contributed by atoms with Crippen molar-refractivity contribution in [2.45, 2.75) is 348 Å². The quantitative estimate of drug-likeness (QED) is 0.0104. The van der Waals surface area contributed by atoms with E-state index in [1.54, 1.807) is 160 Å². The van der Waals surface area contributed by atoms with Crippen molar-refractivity contribution < 1.29 is 132 Å². The second-order valence-corrected chi connectivity index (χ2v) is 41.1. The smallest absolute Gasteiger partial charge is 0.331 e. The van der Waals surface area contributed by atoms with Gasteiger partial charge in [-0.1, -0.05) is 60.1 Å². The Morgan fingerprint density at radius 2 is 0.904 bits per heavy atom. The zero-order valence-electron chi connectivity index (χ0n) is 86.7. The number of hydrogen-bond acceptors (Lipinski definition) is 33. The number of phenolic OH excluding ortho intramolecular Hbond substituents is 1. The summed E-state index contributed by atoms with van der Waals surface area (Å²) in [7, 11) is 2.48. The number of aliphatic carboxylic acids is 5. The van der Waals surface area contributed by atoms with Crippen LogP contribution < -0.4 is 44.2 Å². The van der Waals surface area contributed by atoms with Crippen LogP contribution in [0, 0.1) is 17.8 Å². The molecule has 0 aliphatic carbocycles. The largest absolute Gasteiger partial charge is 0.508 e. The number of ether oxygens (including phenoxy) is 7. The molecule has 0 bridgehead atoms. The van der Waals surface area contributed by atoms with E-state index in [4.69, 9.17) is 77.3 Å². The van der Waals surface area contributed by atoms with E-state index >= 15 is 0 Å². The number of methoxy groups -OCH3 is 2. The number of aliphatic hydroxyl groups excluding tert-OH is 1. The highest BCUT2D eigenvalue weighted by atomic mass is 16.6. The lowest BCUT2D eigenvalue weighted by Crippen LogP contribution is -2.48. The van der Waals surface area contributed by atoms with E-state index in [9.17, 15) is 67.7 Å². The van der Waals surface area contributed by atoms with Crippen LogP contribution in [-0.2, 0) is 117 Å². The van der Waals surface area contributed by atoms with Crippen LogP contribution in [0.3, 0.4) is 0 Å². The molecule has 4 atom stereocenters. The Morgan fingerprint density at radius 3 is 1.28 bits per heavy atom. The molecule has 0 radical (unpaired) electrons. The monoisotopic (exact) mass is 1930 g/mol. The van der Waals surface area contributed by atoms with Gasteiger partial charge in [0, 0.05) is 125 Å². The summed E-state index contributed by atoms with van der Waals surface area (Å²) in [5, 5.41) is 83.0. The van der Waals surface area contributed by atoms with Crippen molar-refractivity contribution in [1.82, 2.24) is 30.9 Å². The van der Waals surface area contributed by atoms with Crippen molar-refractivity contribution >= 4 is 83.0 Å². The molecule has 20 N–H and O–H groups in total. The van der Waals surface area contributed by atoms with Gasteiger partial charge in [0.15, 0.2) is 0 Å². The summed E-state index contributed by atoms with van der Waals surface area (Å²) < 4.78 is 33.3. The maximum absolute atomic E-state index is 11.6. The molecule has 0 aliphatic rings. The summed E-state index contributed by atoms with van der Waals surface area (Å²) in [6.45, 7) is 61.0. The summed E-state index contributed by atoms with van der Waals surface area (Å²) in [5.74, 6) is -8.80. The number of aliphatic hydroxyl groups is 1. The Balaban J connectivity index is -0.000000346. The standard InChI is InChI=1S/C13H19NO3.C12H20N2O2.C10H22N2O2.C10H16N2.C10H16O4.C9H14N2.C9H17NO4.C9H14O4.C8H15NO4.C8H12O4/c1-13(2,3)17-12(16)11(14)8-9-4-6-10(15)7-5-9;1-8-11(16)10(6-14-12(2,3)4)9(7-15)5-13-8;1-10(2,3)12-7-5-4-6-8(11)9(13)14;1-10(2,3)6-8-7-12-5-4-9(8)11;1-10(2,3)7-14-9(12)6-5-8(11)13-4;1-9(2,3)11-8-4-6-10-7-5-8;1-9(2,3)14-8(13)6(10)4-5-7(11)12;1-9(2,3)13-8(11)6-5-7(10)12-4;1-8(2,3)9-5(7(12)13)4-6(10)11;1-8(2,3)12-7(11)5-4-6(9)10/h4-7,11,15H,8,14H2,1-3H3;5,14-16H,6-7H2,1-4H3;8,12H,4-7,11H2,1-3H3,(H,13,14);4-5,7H,6H2,1-3H3,(H2,11,12);5-6H,7H2,1-4H3;4-7H,1-3H3,(H,10,11);6H,4-5,10H2,1-3H3,(H,11,12);5-6H,1-4H3;5,9H,4H2,1-3H3,(H,10,11)(H,12,13);4-5H,1-3H3,(H,9,10)/b;;;;6-5+;;;6-5+;;5-4+/t11-;;8-;;;;;;5-;/m0.0.....0./s1. The molecule has 0 aliphatic heterocycles. The molecule has 38 nitrogen and oxygen atoms in total. The molecular formula is C98H165N11O27. The number of carbonyl (C=O) groups is 12. The zero-order chi connectivity index (χ0) is 108. The number of nitrogen functional groups attached to an aromatic ring is 1. The number of anilines is 2. The number of unbranched alkanes of at least 4 members (excludes halogenated alkanes) is 1. The van der Waals surface area contributed by atoms with Gasteiger partial charge >= 0.3 is 71.6 Å². The minimum absolute atomic E-state index is 0.0314. The van der Waals surface area contributed by atoms with Crippen LogP contribution in [0.15, 0.2) is 110 Å². The van der Waals surface area contributed by atoms with Crippen molar-refractivity contribution in [3.05, 3.63) is 138 Å². The van der Waals surface area contributed by atoms with E-state index in [2.05, 4.69) is 129 Å². The Morgan fingerprint density at radius 1 is 0.463 bits per heavy atom. The maximum Gasteiger partial charge on any atom is 0.331 e. The summed E-state index contributed by atoms with van der Waals surface area (Å²) in [6.07, 6.45) is 17.9. The molecule has 0 spiro atoms. The number of esters is 7. The fraction of sp³-hybridized carbons (Fsp3) is 0.602. The maximum atomic E-state index is 11.6. The van der Waals surface area contributed by atoms with E-state index in [1.807, 2.05) is 45.2 Å². The lowest BCUT2D eigenvalue weighted by molar-refractivity contribution is -0.157. The number of benzene rings is 1. The van der Waals surface area contributed by atoms with Gasteiger partial charge in [-0.05, 0) is 264 Å². The van der Waals surface area contributed by atoms with E-state index < -0.39 is 130 Å². The predicted octanol–water partition coefficient (Wildman–Crippen LogP) is 12.7. The number of aryl methyl sites for hydroxylation is 1. The molecule has 4 rings (SSSR count). The van der Waals surface area contributed by atoms with Crippen molar-refractivity contribution in [1.29, 1.82) is 0 Å². The zero-order valence-corrected chi connectivity index (χ0v) is 86.7. The molecule has 136 heavy (non-hydrogen) atoms. The number of pyridine rings is 3. The van der Waals surface area contributed by atoms with Crippen LogP contribution in [-0.4, -0.2) is 224 Å². The number of nitrogens with two attached hydrogens (primary N) is 4. The first-order valence-electron chi connectivity index (χ1n) is 43.8. The number of rotatable bonds is 29. The molecule has 774 valence electrons. The summed E-state index contributed by atoms with van der Waals surface area (Å²) in [4.78, 5) is 140. The van der Waals surface area contributed by atoms with E-state index in [1.165, 1.54) is 14.2 Å². The highest BCUT2D eigenvalue weighted by Crippen LogP contribution is 2.26. The van der Waals surface area contributed by atoms with Gasteiger partial charge in [-0.15, -0.1) is 0 Å². The first-order valence-corrected chi connectivity index (χ1v) is 43.8. The molecule has 0 saturated heterocycles. The number of carboxylic acids is 5. The third kappa shape index (κ3) is 91.6. The number of nitrogens with one attached hydrogen (secondary N) is 4. The second-order valence-electron chi connectivity index (χ2n) is 41.1. The molecule has 0 fully saturated rings. The van der Waals surface area contributed by atoms with Gasteiger partial charge in [0.1, 0.15) is 58.1 Å². The van der Waals surface area contributed by atoms with Crippen LogP contribution in [0.25, 0.3) is 0 Å². The number of nitrogens with zero attached hydrogens (tertiary/aromatic N) is 3. The molecule has 1 unspecified atom stereocenters. The van der Waals surface area contributed by atoms with Gasteiger partial charge < -0.3 is 113 Å². The fourth-order valence-corrected chi connectivity index (χ4v) is 9.05. The third-order valence-electron chi connectivity index (χ3n) is 14.9. The van der Waals surface area contributed by atoms with E-state index in [-0.39, 0.29) is 58.4 Å². The first-order chi connectivity index (χ1) is 61.5. The average molecular weight is 1930 g/mol. The van der Waals surface area contributed by atoms with Crippen LogP contribution in [0.1, 0.15) is 274 Å². The summed E-state index contributed by atoms with van der Waals surface area (Å²) in [5.41, 5.74) is 26.1. The third-order valence-corrected chi connectivity index (χ3v) is 14.9. The fourth-order valence-electron chi connectivity index (χ4n) is 9.05. The van der Waals surface area contributed by atoms with Gasteiger partial charge in [-0.25, -0.2) is 28.8 Å². The Bertz CT molecular complexity index is 4300. The summed E-state index contributed by atoms with van der Waals surface area (Å²) >= 11 is 0. The van der Waals surface area contributed by atoms with Crippen LogP contribution in [0.2, 0.25) is 0 Å². The van der Waals surface area contributed by atoms with Gasteiger partial charge in [0.05, 0.1) is 39.5 Å². The van der Waals surface area contributed by atoms with Crippen molar-refractivity contribution in [3.63, 3.8) is 0 Å². The van der Waals surface area contributed by atoms with Crippen LogP contribution in [0.5, 0.6) is 11.5 Å². The Kier molecular flexibility index (Phi) is 65.6. The topological polar surface area (TPSA) is 622 Å². The van der Waals surface area contributed by atoms with E-state index in [0.29, 0.717) is 37.3 Å². The number of carbonyl (C=O) groups excluding carboxylic acids is 7. The van der Waals surface area contributed by atoms with Gasteiger partial charge in [-0.3, -0.25) is 49.0 Å². The lowest BCUT2D eigenvalue weighted by Gasteiger charge is -2.24. The average Bonchev–Trinajstić information content (AvgIpc) is 0.837. The number of aromatic nitrogens is 3. The number of hydrogen-bond donors (Lipinski definition) is 16. The molecule has 3 heterocycles. The van der Waals surface area contributed by atoms with Gasteiger partial charge in [0.25, 0.3) is 0 Å². The molecule has 0 amide bonds. The summed E-state index contributed by atoms with van der Waals surface area (Å²) in [6, 6.07) is 9.11. The van der Waals surface area contributed by atoms with Crippen molar-refractivity contribution in [3.8, 4) is 11.5 Å². The molecule has 4 aromatic rings. The molecule has 0 saturated carbocycles. The minimum Gasteiger partial charge on any atom is -0.508 e. The highest BCUT2D eigenvalue weighted by molar-refractivity contribution is 5.93. The van der Waals surface area contributed by atoms with Gasteiger partial charge in [-0.2, -0.15) is 0 Å². The normalized spacial score (nSPS) is 12.4. The van der Waals surface area contributed by atoms with E-state index in [0.717, 1.165) is 90.3 Å². The van der Waals surface area contributed by atoms with Crippen molar-refractivity contribution in [2.24, 2.45) is 28.0 Å². The number of aromatic hydroxyl groups is 2. The molecule has 1 aromatic carbocycles. The van der Waals surface area contributed by atoms with Gasteiger partial charge in [0.2, 0.25) is 0 Å². The Labute approximate surface area is 805 Å². The highest BCUT2D eigenvalue weighted by Gasteiger charge is 2.28. The Hall–Kier alpha value is -11.6.